The Morgan fingerprint density at radius 2 is 1.43 bits per heavy atom. The molecular formula is C41H43IrN2O2S-. The van der Waals surface area contributed by atoms with Gasteiger partial charge in [-0.1, -0.05) is 118 Å². The summed E-state index contributed by atoms with van der Waals surface area (Å²) in [6.07, 6.45) is 1.01. The minimum absolute atomic E-state index is 0. The molecule has 1 N–H and O–H groups in total. The van der Waals surface area contributed by atoms with Crippen LogP contribution in [0.1, 0.15) is 84.3 Å². The Kier molecular flexibility index (Phi) is 12.1. The first-order chi connectivity index (χ1) is 22.2. The van der Waals surface area contributed by atoms with Crippen LogP contribution in [-0.2, 0) is 24.9 Å². The van der Waals surface area contributed by atoms with Gasteiger partial charge in [-0.3, -0.25) is 21.1 Å². The summed E-state index contributed by atoms with van der Waals surface area (Å²) in [6.45, 7) is 14.4. The quantitative estimate of drug-likeness (QED) is 0.0945. The topological polar surface area (TPSA) is 55.1 Å². The van der Waals surface area contributed by atoms with E-state index in [1.54, 1.807) is 25.2 Å². The molecule has 0 amide bonds. The Morgan fingerprint density at radius 3 is 2.04 bits per heavy atom. The van der Waals surface area contributed by atoms with Gasteiger partial charge in [0, 0.05) is 44.2 Å². The third-order valence-electron chi connectivity index (χ3n) is 8.45. The minimum Gasteiger partial charge on any atom is -0.512 e. The molecule has 0 spiro atoms. The molecule has 6 aromatic rings. The normalized spacial score (nSPS) is 11.8. The van der Waals surface area contributed by atoms with E-state index in [1.165, 1.54) is 38.0 Å². The number of carbonyl (C=O) groups excluding carboxylic acids is 1. The van der Waals surface area contributed by atoms with E-state index in [0.717, 1.165) is 22.4 Å². The third kappa shape index (κ3) is 7.51. The number of thiophene rings is 1. The summed E-state index contributed by atoms with van der Waals surface area (Å²) < 4.78 is 3.64. The molecule has 245 valence electrons. The average molecular weight is 820 g/mol. The fourth-order valence-corrected chi connectivity index (χ4v) is 6.66. The Morgan fingerprint density at radius 1 is 0.830 bits per heavy atom. The van der Waals surface area contributed by atoms with Gasteiger partial charge in [0.2, 0.25) is 0 Å². The van der Waals surface area contributed by atoms with E-state index in [1.807, 2.05) is 6.92 Å². The van der Waals surface area contributed by atoms with Gasteiger partial charge in [0.05, 0.1) is 22.6 Å². The number of nitrogens with zero attached hydrogens (tertiary/aromatic N) is 2. The second-order valence-electron chi connectivity index (χ2n) is 12.2. The van der Waals surface area contributed by atoms with Crippen molar-refractivity contribution in [1.29, 1.82) is 0 Å². The van der Waals surface area contributed by atoms with E-state index >= 15 is 0 Å². The zero-order chi connectivity index (χ0) is 33.0. The van der Waals surface area contributed by atoms with Gasteiger partial charge in [-0.05, 0) is 65.3 Å². The van der Waals surface area contributed by atoms with Gasteiger partial charge in [0.15, 0.2) is 5.78 Å². The number of hydrogen-bond donors (Lipinski definition) is 1. The van der Waals surface area contributed by atoms with Gasteiger partial charge in [0.25, 0.3) is 0 Å². The zero-order valence-corrected chi connectivity index (χ0v) is 31.4. The van der Waals surface area contributed by atoms with Crippen LogP contribution in [0.15, 0.2) is 102 Å². The predicted molar refractivity (Wildman–Crippen MR) is 195 cm³/mol. The second-order valence-corrected chi connectivity index (χ2v) is 13.1. The van der Waals surface area contributed by atoms with Crippen LogP contribution in [0.4, 0.5) is 0 Å². The summed E-state index contributed by atoms with van der Waals surface area (Å²) in [4.78, 5) is 16.1. The maximum atomic E-state index is 10.9. The van der Waals surface area contributed by atoms with Crippen molar-refractivity contribution in [2.75, 3.05) is 0 Å². The molecule has 4 aromatic carbocycles. The summed E-state index contributed by atoms with van der Waals surface area (Å²) in [7, 11) is 0. The number of allylic oxidation sites excluding steroid dienone is 2. The van der Waals surface area contributed by atoms with Crippen LogP contribution in [0, 0.1) is 5.38 Å². The molecule has 6 rings (SSSR count). The number of aromatic nitrogens is 2. The number of imidazole rings is 1. The van der Waals surface area contributed by atoms with Crippen LogP contribution in [0.5, 0.6) is 0 Å². The number of hydrogen-bond acceptors (Lipinski definition) is 4. The molecule has 2 aromatic heterocycles. The van der Waals surface area contributed by atoms with Crippen LogP contribution < -0.4 is 0 Å². The van der Waals surface area contributed by atoms with E-state index in [-0.39, 0.29) is 31.6 Å². The number of para-hydroxylation sites is 2. The number of aliphatic hydroxyl groups excluding tert-OH is 1. The number of benzene rings is 4. The Hall–Kier alpha value is -3.83. The van der Waals surface area contributed by atoms with E-state index < -0.39 is 0 Å². The first kappa shape index (κ1) is 36.0. The first-order valence-corrected chi connectivity index (χ1v) is 17.0. The van der Waals surface area contributed by atoms with Crippen LogP contribution in [0.3, 0.4) is 0 Å². The summed E-state index contributed by atoms with van der Waals surface area (Å²) in [5.74, 6) is 1.90. The Bertz CT molecular complexity index is 1990. The molecule has 0 fully saturated rings. The van der Waals surface area contributed by atoms with Gasteiger partial charge >= 0.3 is 0 Å². The summed E-state index contributed by atoms with van der Waals surface area (Å²) in [6, 6.07) is 32.5. The molecule has 0 aliphatic rings. The predicted octanol–water partition coefficient (Wildman–Crippen LogP) is 11.8. The molecule has 0 saturated carbocycles. The SMILES string of the molecule is CC(C)c1cc(-c2ccccc2)cc(C(C)C)c1-n1c(-c2[c-]sc3ccccc23)nc2ccccc21.CCC(=O)/C(C)=C(\O)CC.[Ir]. The van der Waals surface area contributed by atoms with Gasteiger partial charge in [0.1, 0.15) is 0 Å². The minimum atomic E-state index is 0. The maximum absolute atomic E-state index is 10.9. The number of Topliss-reactive ketones (excluding diaryl/α,β-unsaturated/α-hetero) is 1. The molecule has 0 aliphatic carbocycles. The smallest absolute Gasteiger partial charge is 0.161 e. The molecule has 4 nitrogen and oxygen atoms in total. The second kappa shape index (κ2) is 15.8. The Labute approximate surface area is 296 Å². The number of aliphatic hydroxyl groups is 1. The molecule has 0 saturated heterocycles. The molecule has 0 atom stereocenters. The van der Waals surface area contributed by atoms with Crippen molar-refractivity contribution < 1.29 is 30.0 Å². The summed E-state index contributed by atoms with van der Waals surface area (Å²) >= 11 is 1.66. The van der Waals surface area contributed by atoms with E-state index in [9.17, 15) is 4.79 Å². The van der Waals surface area contributed by atoms with Crippen molar-refractivity contribution in [1.82, 2.24) is 9.55 Å². The van der Waals surface area contributed by atoms with Crippen molar-refractivity contribution >= 4 is 38.2 Å². The van der Waals surface area contributed by atoms with Crippen molar-refractivity contribution in [2.45, 2.75) is 73.1 Å². The summed E-state index contributed by atoms with van der Waals surface area (Å²) in [5, 5.41) is 13.9. The molecule has 0 unspecified atom stereocenters. The fourth-order valence-electron chi connectivity index (χ4n) is 5.82. The number of rotatable bonds is 8. The number of ketones is 1. The van der Waals surface area contributed by atoms with Crippen molar-refractivity contribution in [2.24, 2.45) is 0 Å². The molecule has 1 radical (unpaired) electrons. The summed E-state index contributed by atoms with van der Waals surface area (Å²) in [5.41, 5.74) is 10.2. The fraction of sp³-hybridized carbons (Fsp3) is 0.268. The standard InChI is InChI=1S/C33H29N2S.C8H14O2.Ir/c1-21(2)26-18-24(23-12-6-5-7-13-23)19-27(22(3)4)32(26)35-30-16-10-9-15-29(30)34-33(35)28-20-36-31-17-11-8-14-25(28)31;1-4-7(9)6(3)8(10)5-2;/h5-19,21-22H,1-4H3;9H,4-5H2,1-3H3;/q-1;;/b;7-6-;. The molecule has 2 heterocycles. The number of fused-ring (bicyclic) bond motifs is 2. The van der Waals surface area contributed by atoms with Gasteiger partial charge in [-0.25, -0.2) is 0 Å². The van der Waals surface area contributed by atoms with E-state index in [0.29, 0.717) is 30.3 Å². The van der Waals surface area contributed by atoms with Gasteiger partial charge in [-0.15, -0.1) is 11.5 Å². The zero-order valence-electron chi connectivity index (χ0n) is 28.2. The monoisotopic (exact) mass is 820 g/mol. The van der Waals surface area contributed by atoms with Crippen LogP contribution in [0.2, 0.25) is 0 Å². The largest absolute Gasteiger partial charge is 0.512 e. The molecule has 6 heteroatoms. The number of carbonyl (C=O) groups is 1. The molecule has 0 bridgehead atoms. The van der Waals surface area contributed by atoms with Gasteiger partial charge < -0.3 is 9.67 Å². The van der Waals surface area contributed by atoms with Crippen molar-refractivity contribution in [3.8, 4) is 28.2 Å². The van der Waals surface area contributed by atoms with E-state index in [4.69, 9.17) is 10.1 Å². The van der Waals surface area contributed by atoms with Crippen molar-refractivity contribution in [3.63, 3.8) is 0 Å². The Balaban J connectivity index is 0.000000397. The maximum Gasteiger partial charge on any atom is 0.161 e. The van der Waals surface area contributed by atoms with Crippen LogP contribution in [0.25, 0.3) is 49.3 Å². The average Bonchev–Trinajstić information content (AvgIpc) is 3.68. The third-order valence-corrected chi connectivity index (χ3v) is 9.34. The van der Waals surface area contributed by atoms with Crippen LogP contribution in [-0.4, -0.2) is 20.4 Å². The van der Waals surface area contributed by atoms with E-state index in [2.05, 4.69) is 129 Å². The van der Waals surface area contributed by atoms with Crippen molar-refractivity contribution in [3.05, 3.63) is 119 Å². The molecular weight excluding hydrogens is 777 g/mol. The molecule has 0 aliphatic heterocycles. The molecule has 47 heavy (non-hydrogen) atoms. The van der Waals surface area contributed by atoms with Crippen LogP contribution >= 0.6 is 11.3 Å². The first-order valence-electron chi connectivity index (χ1n) is 16.2. The van der Waals surface area contributed by atoms with Gasteiger partial charge in [-0.2, -0.15) is 0 Å².